The van der Waals surface area contributed by atoms with E-state index in [1.165, 1.54) is 19.2 Å². The minimum atomic E-state index is -0.537. The summed E-state index contributed by atoms with van der Waals surface area (Å²) in [5, 5.41) is 9.48. The highest BCUT2D eigenvalue weighted by Gasteiger charge is 2.30. The van der Waals surface area contributed by atoms with Gasteiger partial charge in [-0.2, -0.15) is 0 Å². The third kappa shape index (κ3) is 3.10. The molecule has 2 unspecified atom stereocenters. The SMILES string of the molecule is COc1ccc(C(=O)N2CCCC2CC(C)O)cc1F. The van der Waals surface area contributed by atoms with E-state index < -0.39 is 11.9 Å². The monoisotopic (exact) mass is 281 g/mol. The second-order valence-electron chi connectivity index (χ2n) is 5.23. The van der Waals surface area contributed by atoms with Gasteiger partial charge in [-0.05, 0) is 44.4 Å². The highest BCUT2D eigenvalue weighted by molar-refractivity contribution is 5.94. The number of aliphatic hydroxyl groups excluding tert-OH is 1. The molecule has 1 aromatic rings. The number of rotatable bonds is 4. The lowest BCUT2D eigenvalue weighted by atomic mass is 10.1. The van der Waals surface area contributed by atoms with Gasteiger partial charge in [0, 0.05) is 18.2 Å². The molecule has 4 nitrogen and oxygen atoms in total. The Bertz CT molecular complexity index is 490. The minimum Gasteiger partial charge on any atom is -0.494 e. The van der Waals surface area contributed by atoms with Gasteiger partial charge < -0.3 is 14.7 Å². The zero-order valence-electron chi connectivity index (χ0n) is 11.8. The molecule has 1 amide bonds. The largest absolute Gasteiger partial charge is 0.494 e. The molecule has 0 aliphatic carbocycles. The average Bonchev–Trinajstić information content (AvgIpc) is 2.85. The number of nitrogens with zero attached hydrogens (tertiary/aromatic N) is 1. The first-order valence-corrected chi connectivity index (χ1v) is 6.85. The molecule has 0 radical (unpaired) electrons. The van der Waals surface area contributed by atoms with E-state index in [2.05, 4.69) is 0 Å². The van der Waals surface area contributed by atoms with Gasteiger partial charge in [-0.15, -0.1) is 0 Å². The van der Waals surface area contributed by atoms with Crippen LogP contribution in [-0.4, -0.2) is 41.7 Å². The van der Waals surface area contributed by atoms with Crippen LogP contribution in [0.15, 0.2) is 18.2 Å². The quantitative estimate of drug-likeness (QED) is 0.920. The molecule has 1 fully saturated rings. The highest BCUT2D eigenvalue weighted by atomic mass is 19.1. The molecule has 0 saturated carbocycles. The van der Waals surface area contributed by atoms with Gasteiger partial charge in [0.2, 0.25) is 0 Å². The maximum absolute atomic E-state index is 13.7. The number of ether oxygens (including phenoxy) is 1. The fraction of sp³-hybridized carbons (Fsp3) is 0.533. The van der Waals surface area contributed by atoms with Crippen LogP contribution in [0.25, 0.3) is 0 Å². The number of methoxy groups -OCH3 is 1. The Morgan fingerprint density at radius 2 is 2.35 bits per heavy atom. The summed E-state index contributed by atoms with van der Waals surface area (Å²) in [4.78, 5) is 14.2. The van der Waals surface area contributed by atoms with E-state index in [-0.39, 0.29) is 17.7 Å². The van der Waals surface area contributed by atoms with Crippen molar-refractivity contribution in [2.24, 2.45) is 0 Å². The Kier molecular flexibility index (Phi) is 4.60. The van der Waals surface area contributed by atoms with Crippen LogP contribution in [0.5, 0.6) is 5.75 Å². The van der Waals surface area contributed by atoms with E-state index in [1.807, 2.05) is 0 Å². The van der Waals surface area contributed by atoms with Gasteiger partial charge in [0.15, 0.2) is 11.6 Å². The van der Waals surface area contributed by atoms with Gasteiger partial charge in [0.1, 0.15) is 0 Å². The number of amides is 1. The molecule has 1 heterocycles. The van der Waals surface area contributed by atoms with E-state index in [9.17, 15) is 14.3 Å². The number of benzene rings is 1. The van der Waals surface area contributed by atoms with E-state index in [0.29, 0.717) is 18.5 Å². The Hall–Kier alpha value is -1.62. The lowest BCUT2D eigenvalue weighted by Gasteiger charge is -2.25. The molecule has 5 heteroatoms. The van der Waals surface area contributed by atoms with Gasteiger partial charge in [0.25, 0.3) is 5.91 Å². The summed E-state index contributed by atoms with van der Waals surface area (Å²) in [6.45, 7) is 2.37. The number of carbonyl (C=O) groups is 1. The lowest BCUT2D eigenvalue weighted by Crippen LogP contribution is -2.37. The van der Waals surface area contributed by atoms with Gasteiger partial charge in [-0.25, -0.2) is 4.39 Å². The maximum atomic E-state index is 13.7. The van der Waals surface area contributed by atoms with Crippen molar-refractivity contribution >= 4 is 5.91 Å². The van der Waals surface area contributed by atoms with Gasteiger partial charge in [0.05, 0.1) is 13.2 Å². The first kappa shape index (κ1) is 14.8. The third-order valence-corrected chi connectivity index (χ3v) is 3.65. The smallest absolute Gasteiger partial charge is 0.254 e. The zero-order valence-corrected chi connectivity index (χ0v) is 11.8. The van der Waals surface area contributed by atoms with Crippen molar-refractivity contribution in [3.8, 4) is 5.75 Å². The van der Waals surface area contributed by atoms with Gasteiger partial charge >= 0.3 is 0 Å². The predicted molar refractivity (Wildman–Crippen MR) is 73.3 cm³/mol. The molecule has 1 aromatic carbocycles. The number of likely N-dealkylation sites (tertiary alicyclic amines) is 1. The van der Waals surface area contributed by atoms with E-state index in [4.69, 9.17) is 4.74 Å². The summed E-state index contributed by atoms with van der Waals surface area (Å²) in [5.41, 5.74) is 0.320. The molecule has 0 aromatic heterocycles. The van der Waals surface area contributed by atoms with Crippen LogP contribution in [0.3, 0.4) is 0 Å². The normalized spacial score (nSPS) is 20.0. The molecule has 20 heavy (non-hydrogen) atoms. The van der Waals surface area contributed by atoms with Crippen LogP contribution >= 0.6 is 0 Å². The molecular weight excluding hydrogens is 261 g/mol. The van der Waals surface area contributed by atoms with E-state index >= 15 is 0 Å². The summed E-state index contributed by atoms with van der Waals surface area (Å²) < 4.78 is 18.5. The summed E-state index contributed by atoms with van der Waals surface area (Å²) in [5.74, 6) is -0.595. The number of carbonyl (C=O) groups excluding carboxylic acids is 1. The Morgan fingerprint density at radius 1 is 1.60 bits per heavy atom. The van der Waals surface area contributed by atoms with Crippen LogP contribution in [0.1, 0.15) is 36.5 Å². The summed E-state index contributed by atoms with van der Waals surface area (Å²) in [6, 6.07) is 4.27. The number of aliphatic hydroxyl groups is 1. The van der Waals surface area contributed by atoms with Crippen LogP contribution in [0, 0.1) is 5.82 Å². The molecule has 1 N–H and O–H groups in total. The lowest BCUT2D eigenvalue weighted by molar-refractivity contribution is 0.0681. The van der Waals surface area contributed by atoms with Crippen molar-refractivity contribution in [1.29, 1.82) is 0 Å². The Balaban J connectivity index is 2.16. The van der Waals surface area contributed by atoms with Crippen LogP contribution in [0.4, 0.5) is 4.39 Å². The summed E-state index contributed by atoms with van der Waals surface area (Å²) in [7, 11) is 1.39. The maximum Gasteiger partial charge on any atom is 0.254 e. The molecule has 2 atom stereocenters. The summed E-state index contributed by atoms with van der Waals surface area (Å²) in [6.07, 6.45) is 1.92. The Morgan fingerprint density at radius 3 is 2.95 bits per heavy atom. The summed E-state index contributed by atoms with van der Waals surface area (Å²) >= 11 is 0. The second-order valence-corrected chi connectivity index (χ2v) is 5.23. The number of halogens is 1. The minimum absolute atomic E-state index is 0.0349. The Labute approximate surface area is 118 Å². The highest BCUT2D eigenvalue weighted by Crippen LogP contribution is 2.25. The van der Waals surface area contributed by atoms with Crippen LogP contribution in [0.2, 0.25) is 0 Å². The van der Waals surface area contributed by atoms with E-state index in [1.54, 1.807) is 17.9 Å². The number of hydrogen-bond donors (Lipinski definition) is 1. The molecule has 1 aliphatic rings. The topological polar surface area (TPSA) is 49.8 Å². The third-order valence-electron chi connectivity index (χ3n) is 3.65. The van der Waals surface area contributed by atoms with Crippen molar-refractivity contribution in [2.75, 3.05) is 13.7 Å². The molecule has 0 spiro atoms. The van der Waals surface area contributed by atoms with Gasteiger partial charge in [-0.3, -0.25) is 4.79 Å². The van der Waals surface area contributed by atoms with Crippen molar-refractivity contribution in [3.63, 3.8) is 0 Å². The first-order valence-electron chi connectivity index (χ1n) is 6.85. The van der Waals surface area contributed by atoms with Crippen LogP contribution < -0.4 is 4.74 Å². The number of hydrogen-bond acceptors (Lipinski definition) is 3. The molecule has 2 rings (SSSR count). The molecular formula is C15H20FNO3. The van der Waals surface area contributed by atoms with Gasteiger partial charge in [-0.1, -0.05) is 0 Å². The fourth-order valence-corrected chi connectivity index (χ4v) is 2.71. The molecule has 110 valence electrons. The fourth-order valence-electron chi connectivity index (χ4n) is 2.71. The average molecular weight is 281 g/mol. The van der Waals surface area contributed by atoms with Crippen LogP contribution in [-0.2, 0) is 0 Å². The second kappa shape index (κ2) is 6.22. The standard InChI is InChI=1S/C15H20FNO3/c1-10(18)8-12-4-3-7-17(12)15(19)11-5-6-14(20-2)13(16)9-11/h5-6,9-10,12,18H,3-4,7-8H2,1-2H3. The van der Waals surface area contributed by atoms with E-state index in [0.717, 1.165) is 12.8 Å². The zero-order chi connectivity index (χ0) is 14.7. The van der Waals surface area contributed by atoms with Crippen molar-refractivity contribution < 1.29 is 19.0 Å². The first-order chi connectivity index (χ1) is 9.52. The van der Waals surface area contributed by atoms with Crippen molar-refractivity contribution in [3.05, 3.63) is 29.6 Å². The van der Waals surface area contributed by atoms with Crippen molar-refractivity contribution in [1.82, 2.24) is 4.90 Å². The molecule has 1 aliphatic heterocycles. The molecule has 1 saturated heterocycles. The molecule has 0 bridgehead atoms. The predicted octanol–water partition coefficient (Wildman–Crippen LogP) is 2.21. The van der Waals surface area contributed by atoms with Crippen molar-refractivity contribution in [2.45, 2.75) is 38.3 Å².